The van der Waals surface area contributed by atoms with Crippen molar-refractivity contribution in [2.45, 2.75) is 70.3 Å². The van der Waals surface area contributed by atoms with Crippen LogP contribution in [0, 0.1) is 17.3 Å². The quantitative estimate of drug-likeness (QED) is 0.362. The van der Waals surface area contributed by atoms with E-state index in [9.17, 15) is 9.59 Å². The van der Waals surface area contributed by atoms with Gasteiger partial charge in [0.05, 0.1) is 12.5 Å². The third-order valence-corrected chi connectivity index (χ3v) is 10.6. The van der Waals surface area contributed by atoms with Gasteiger partial charge in [-0.15, -0.1) is 12.4 Å². The van der Waals surface area contributed by atoms with E-state index in [1.807, 2.05) is 12.1 Å². The topological polar surface area (TPSA) is 53.1 Å². The standard InChI is InChI=1S/C35H47N3O3.ClH/c1-41-31-15-13-27(14-16-31)23-37-22-19-35(34(37)40)17-20-36(21-18-35)24-30-25-38(26-32(30)28-9-7-4-8-10-28)33(39)29-11-5-2-3-6-12-29;/h4,7-10,13-16,29-30,32H,2-3,5-6,11-12,17-26H2,1H3;1H. The Labute approximate surface area is 258 Å². The average molecular weight is 594 g/mol. The highest BCUT2D eigenvalue weighted by atomic mass is 35.5. The van der Waals surface area contributed by atoms with Crippen molar-refractivity contribution in [3.63, 3.8) is 0 Å². The molecule has 4 fully saturated rings. The fourth-order valence-corrected chi connectivity index (χ4v) is 8.05. The number of carbonyl (C=O) groups is 2. The molecule has 2 unspecified atom stereocenters. The van der Waals surface area contributed by atoms with Crippen molar-refractivity contribution in [2.75, 3.05) is 46.4 Å². The lowest BCUT2D eigenvalue weighted by Gasteiger charge is -2.39. The van der Waals surface area contributed by atoms with E-state index in [0.717, 1.165) is 82.7 Å². The molecule has 7 heteroatoms. The maximum absolute atomic E-state index is 13.6. The van der Waals surface area contributed by atoms with Crippen molar-refractivity contribution >= 4 is 24.2 Å². The Kier molecular flexibility index (Phi) is 10.2. The third-order valence-electron chi connectivity index (χ3n) is 10.6. The Bertz CT molecular complexity index is 1170. The van der Waals surface area contributed by atoms with Crippen LogP contribution in [0.15, 0.2) is 54.6 Å². The number of methoxy groups -OCH3 is 1. The number of ether oxygens (including phenoxy) is 1. The van der Waals surface area contributed by atoms with Crippen LogP contribution >= 0.6 is 12.4 Å². The van der Waals surface area contributed by atoms with Gasteiger partial charge in [0.25, 0.3) is 0 Å². The van der Waals surface area contributed by atoms with Crippen molar-refractivity contribution < 1.29 is 14.3 Å². The Hall–Kier alpha value is -2.57. The van der Waals surface area contributed by atoms with Crippen LogP contribution in [0.25, 0.3) is 0 Å². The lowest BCUT2D eigenvalue weighted by Crippen LogP contribution is -2.46. The van der Waals surface area contributed by atoms with E-state index in [2.05, 4.69) is 57.2 Å². The lowest BCUT2D eigenvalue weighted by atomic mass is 9.76. The van der Waals surface area contributed by atoms with E-state index >= 15 is 0 Å². The Morgan fingerprint density at radius 2 is 1.55 bits per heavy atom. The zero-order valence-electron chi connectivity index (χ0n) is 25.2. The second-order valence-corrected chi connectivity index (χ2v) is 13.1. The predicted octanol–water partition coefficient (Wildman–Crippen LogP) is 6.14. The fourth-order valence-electron chi connectivity index (χ4n) is 8.05. The van der Waals surface area contributed by atoms with Crippen LogP contribution in [0.1, 0.15) is 74.8 Å². The number of halogens is 1. The van der Waals surface area contributed by atoms with E-state index < -0.39 is 0 Å². The van der Waals surface area contributed by atoms with Crippen molar-refractivity contribution in [1.82, 2.24) is 14.7 Å². The molecule has 1 spiro atoms. The molecule has 3 saturated heterocycles. The Morgan fingerprint density at radius 1 is 0.881 bits per heavy atom. The van der Waals surface area contributed by atoms with Gasteiger partial charge in [-0.2, -0.15) is 0 Å². The number of likely N-dealkylation sites (tertiary alicyclic amines) is 3. The maximum Gasteiger partial charge on any atom is 0.229 e. The zero-order chi connectivity index (χ0) is 28.2. The largest absolute Gasteiger partial charge is 0.497 e. The molecule has 2 amide bonds. The van der Waals surface area contributed by atoms with Crippen LogP contribution in [0.4, 0.5) is 0 Å². The van der Waals surface area contributed by atoms with Gasteiger partial charge < -0.3 is 19.4 Å². The van der Waals surface area contributed by atoms with Gasteiger partial charge in [-0.05, 0) is 74.4 Å². The summed E-state index contributed by atoms with van der Waals surface area (Å²) in [6, 6.07) is 18.9. The van der Waals surface area contributed by atoms with Gasteiger partial charge in [-0.1, -0.05) is 68.1 Å². The number of rotatable bonds is 7. The van der Waals surface area contributed by atoms with E-state index in [1.165, 1.54) is 31.2 Å². The molecule has 4 aliphatic rings. The molecule has 228 valence electrons. The van der Waals surface area contributed by atoms with Crippen LogP contribution in [0.3, 0.4) is 0 Å². The highest BCUT2D eigenvalue weighted by Crippen LogP contribution is 2.43. The van der Waals surface area contributed by atoms with E-state index in [1.54, 1.807) is 7.11 Å². The molecule has 0 bridgehead atoms. The molecule has 6 nitrogen and oxygen atoms in total. The highest BCUT2D eigenvalue weighted by molar-refractivity contribution is 5.85. The number of carbonyl (C=O) groups excluding carboxylic acids is 2. The van der Waals surface area contributed by atoms with Crippen LogP contribution < -0.4 is 4.74 Å². The maximum atomic E-state index is 13.6. The van der Waals surface area contributed by atoms with Gasteiger partial charge in [0.1, 0.15) is 5.75 Å². The molecular weight excluding hydrogens is 546 g/mol. The molecule has 3 heterocycles. The summed E-state index contributed by atoms with van der Waals surface area (Å²) in [6.45, 7) is 6.19. The van der Waals surface area contributed by atoms with Gasteiger partial charge in [0.15, 0.2) is 0 Å². The molecule has 42 heavy (non-hydrogen) atoms. The highest BCUT2D eigenvalue weighted by Gasteiger charge is 2.48. The molecule has 1 aliphatic carbocycles. The van der Waals surface area contributed by atoms with Gasteiger partial charge in [-0.25, -0.2) is 0 Å². The number of benzene rings is 2. The molecule has 2 aromatic rings. The monoisotopic (exact) mass is 593 g/mol. The van der Waals surface area contributed by atoms with Gasteiger partial charge in [-0.3, -0.25) is 9.59 Å². The van der Waals surface area contributed by atoms with Crippen molar-refractivity contribution in [3.05, 3.63) is 65.7 Å². The van der Waals surface area contributed by atoms with Crippen molar-refractivity contribution in [1.29, 1.82) is 0 Å². The average Bonchev–Trinajstić information content (AvgIpc) is 3.42. The Morgan fingerprint density at radius 3 is 2.21 bits per heavy atom. The molecular formula is C35H48ClN3O3. The number of hydrogen-bond acceptors (Lipinski definition) is 4. The van der Waals surface area contributed by atoms with E-state index in [0.29, 0.717) is 30.2 Å². The zero-order valence-corrected chi connectivity index (χ0v) is 26.0. The SMILES string of the molecule is COc1ccc(CN2CCC3(CCN(CC4CN(C(=O)C5CCCCCC5)CC4c4ccccc4)CC3)C2=O)cc1.Cl. The predicted molar refractivity (Wildman–Crippen MR) is 169 cm³/mol. The smallest absolute Gasteiger partial charge is 0.229 e. The molecule has 1 saturated carbocycles. The van der Waals surface area contributed by atoms with Crippen LogP contribution in [-0.2, 0) is 16.1 Å². The summed E-state index contributed by atoms with van der Waals surface area (Å²) in [6.07, 6.45) is 9.92. The second kappa shape index (κ2) is 13.8. The first-order valence-corrected chi connectivity index (χ1v) is 16.0. The summed E-state index contributed by atoms with van der Waals surface area (Å²) >= 11 is 0. The number of hydrogen-bond donors (Lipinski definition) is 0. The fraction of sp³-hybridized carbons (Fsp3) is 0.600. The molecule has 6 rings (SSSR count). The number of amides is 2. The summed E-state index contributed by atoms with van der Waals surface area (Å²) in [7, 11) is 1.68. The summed E-state index contributed by atoms with van der Waals surface area (Å²) in [5, 5.41) is 0. The summed E-state index contributed by atoms with van der Waals surface area (Å²) in [5.74, 6) is 2.63. The molecule has 2 atom stereocenters. The molecule has 3 aliphatic heterocycles. The van der Waals surface area contributed by atoms with Crippen LogP contribution in [0.5, 0.6) is 5.75 Å². The van der Waals surface area contributed by atoms with Crippen LogP contribution in [0.2, 0.25) is 0 Å². The first-order valence-electron chi connectivity index (χ1n) is 16.0. The first kappa shape index (κ1) is 30.9. The summed E-state index contributed by atoms with van der Waals surface area (Å²) < 4.78 is 5.28. The lowest BCUT2D eigenvalue weighted by molar-refractivity contribution is -0.139. The minimum atomic E-state index is -0.195. The number of piperidine rings is 1. The van der Waals surface area contributed by atoms with E-state index in [-0.39, 0.29) is 23.7 Å². The van der Waals surface area contributed by atoms with E-state index in [4.69, 9.17) is 4.74 Å². The van der Waals surface area contributed by atoms with Crippen LogP contribution in [-0.4, -0.2) is 72.9 Å². The van der Waals surface area contributed by atoms with Crippen molar-refractivity contribution in [3.8, 4) is 5.75 Å². The molecule has 0 aromatic heterocycles. The van der Waals surface area contributed by atoms with Crippen molar-refractivity contribution in [2.24, 2.45) is 17.3 Å². The van der Waals surface area contributed by atoms with Gasteiger partial charge in [0.2, 0.25) is 11.8 Å². The third kappa shape index (κ3) is 6.65. The molecule has 0 N–H and O–H groups in total. The summed E-state index contributed by atoms with van der Waals surface area (Å²) in [5.41, 5.74) is 2.32. The van der Waals surface area contributed by atoms with Gasteiger partial charge >= 0.3 is 0 Å². The second-order valence-electron chi connectivity index (χ2n) is 13.1. The number of nitrogens with zero attached hydrogens (tertiary/aromatic N) is 3. The minimum absolute atomic E-state index is 0. The Balaban J connectivity index is 0.00000353. The molecule has 0 radical (unpaired) electrons. The molecule has 2 aromatic carbocycles. The summed E-state index contributed by atoms with van der Waals surface area (Å²) in [4.78, 5) is 34.1. The minimum Gasteiger partial charge on any atom is -0.497 e. The normalized spacial score (nSPS) is 24.9. The first-order chi connectivity index (χ1) is 20.0. The van der Waals surface area contributed by atoms with Gasteiger partial charge in [0, 0.05) is 44.6 Å².